The van der Waals surface area contributed by atoms with Crippen LogP contribution in [0.1, 0.15) is 11.1 Å². The lowest BCUT2D eigenvalue weighted by atomic mass is 10.0. The Hall–Kier alpha value is -6.00. The van der Waals surface area contributed by atoms with Gasteiger partial charge in [-0.25, -0.2) is 9.97 Å². The van der Waals surface area contributed by atoms with E-state index in [1.807, 2.05) is 36.4 Å². The summed E-state index contributed by atoms with van der Waals surface area (Å²) in [6.07, 6.45) is 0.937. The van der Waals surface area contributed by atoms with Crippen molar-refractivity contribution in [2.45, 2.75) is 6.42 Å². The van der Waals surface area contributed by atoms with Crippen molar-refractivity contribution in [1.82, 2.24) is 14.5 Å². The van der Waals surface area contributed by atoms with Crippen LogP contribution in [0.4, 0.5) is 0 Å². The average Bonchev–Trinajstić information content (AvgIpc) is 3.78. The van der Waals surface area contributed by atoms with Crippen LogP contribution in [0.5, 0.6) is 0 Å². The molecule has 10 rings (SSSR count). The Bertz CT molecular complexity index is 2560. The normalized spacial score (nSPS) is 12.4. The minimum atomic E-state index is 0.631. The molecule has 0 saturated heterocycles. The van der Waals surface area contributed by atoms with Gasteiger partial charge in [0.1, 0.15) is 11.2 Å². The molecular weight excluding hydrogens is 550 g/mol. The van der Waals surface area contributed by atoms with Gasteiger partial charge in [0.05, 0.1) is 27.8 Å². The standard InChI is InChI=1S/C41H25N3O/c1-3-11-25(12-4-1)33-24-34(26-13-5-2-6-14-26)43-41(42-33)44-35-18-10-9-17-32(35)38-36(44)22-21-31-30-20-19-28-23-27-15-7-8-16-29(27)37(28)39(30)45-40(31)38/h1-22,24H,23H2. The van der Waals surface area contributed by atoms with Gasteiger partial charge in [-0.1, -0.05) is 115 Å². The highest BCUT2D eigenvalue weighted by molar-refractivity contribution is 6.25. The third kappa shape index (κ3) is 3.54. The van der Waals surface area contributed by atoms with Crippen molar-refractivity contribution in [3.05, 3.63) is 151 Å². The molecule has 4 heteroatoms. The number of fused-ring (bicyclic) bond motifs is 11. The molecule has 1 aliphatic rings. The number of aromatic nitrogens is 3. The smallest absolute Gasteiger partial charge is 0.235 e. The van der Waals surface area contributed by atoms with Crippen molar-refractivity contribution < 1.29 is 4.42 Å². The Morgan fingerprint density at radius 2 is 1.16 bits per heavy atom. The maximum Gasteiger partial charge on any atom is 0.235 e. The zero-order valence-corrected chi connectivity index (χ0v) is 24.2. The third-order valence-electron chi connectivity index (χ3n) is 9.25. The summed E-state index contributed by atoms with van der Waals surface area (Å²) >= 11 is 0. The lowest BCUT2D eigenvalue weighted by Crippen LogP contribution is -2.03. The summed E-state index contributed by atoms with van der Waals surface area (Å²) in [5, 5.41) is 4.46. The summed E-state index contributed by atoms with van der Waals surface area (Å²) in [4.78, 5) is 10.4. The predicted octanol–water partition coefficient (Wildman–Crippen LogP) is 10.4. The van der Waals surface area contributed by atoms with Crippen molar-refractivity contribution in [3.8, 4) is 39.6 Å². The Morgan fingerprint density at radius 3 is 1.93 bits per heavy atom. The molecule has 45 heavy (non-hydrogen) atoms. The summed E-state index contributed by atoms with van der Waals surface area (Å²) in [6, 6.07) is 48.8. The predicted molar refractivity (Wildman–Crippen MR) is 183 cm³/mol. The van der Waals surface area contributed by atoms with Gasteiger partial charge in [-0.2, -0.15) is 0 Å². The second kappa shape index (κ2) is 9.25. The monoisotopic (exact) mass is 575 g/mol. The fraction of sp³-hybridized carbons (Fsp3) is 0.0244. The number of rotatable bonds is 3. The Kier molecular flexibility index (Phi) is 5.02. The molecule has 3 aromatic heterocycles. The molecule has 0 unspecified atom stereocenters. The number of para-hydroxylation sites is 1. The molecule has 0 amide bonds. The fourth-order valence-electron chi connectivity index (χ4n) is 7.22. The van der Waals surface area contributed by atoms with Crippen LogP contribution in [0.3, 0.4) is 0 Å². The van der Waals surface area contributed by atoms with E-state index in [0.29, 0.717) is 5.95 Å². The topological polar surface area (TPSA) is 43.9 Å². The first kappa shape index (κ1) is 24.4. The third-order valence-corrected chi connectivity index (χ3v) is 9.25. The van der Waals surface area contributed by atoms with Crippen LogP contribution in [0.25, 0.3) is 83.3 Å². The van der Waals surface area contributed by atoms with E-state index in [4.69, 9.17) is 14.4 Å². The fourth-order valence-corrected chi connectivity index (χ4v) is 7.22. The maximum atomic E-state index is 6.95. The molecule has 3 heterocycles. The molecule has 0 spiro atoms. The first-order valence-corrected chi connectivity index (χ1v) is 15.3. The molecule has 0 radical (unpaired) electrons. The summed E-state index contributed by atoms with van der Waals surface area (Å²) in [6.45, 7) is 0. The van der Waals surface area contributed by atoms with E-state index in [2.05, 4.69) is 108 Å². The van der Waals surface area contributed by atoms with Crippen LogP contribution in [0.15, 0.2) is 144 Å². The molecule has 0 atom stereocenters. The van der Waals surface area contributed by atoms with E-state index in [1.54, 1.807) is 0 Å². The molecule has 9 aromatic rings. The van der Waals surface area contributed by atoms with Crippen LogP contribution in [-0.4, -0.2) is 14.5 Å². The SMILES string of the molecule is c1ccc(-c2cc(-c3ccccc3)nc(-n3c4ccccc4c4c5oc6c7c(ccc6c5ccc43)Cc3ccccc3-7)n2)cc1. The van der Waals surface area contributed by atoms with Crippen LogP contribution in [-0.2, 0) is 6.42 Å². The minimum Gasteiger partial charge on any atom is -0.455 e. The molecular formula is C41H25N3O. The minimum absolute atomic E-state index is 0.631. The highest BCUT2D eigenvalue weighted by atomic mass is 16.3. The highest BCUT2D eigenvalue weighted by Gasteiger charge is 2.26. The molecule has 210 valence electrons. The first-order chi connectivity index (χ1) is 22.3. The van der Waals surface area contributed by atoms with Gasteiger partial charge in [-0.15, -0.1) is 0 Å². The lowest BCUT2D eigenvalue weighted by Gasteiger charge is -2.11. The Morgan fingerprint density at radius 1 is 0.511 bits per heavy atom. The van der Waals surface area contributed by atoms with Gasteiger partial charge < -0.3 is 4.42 Å². The van der Waals surface area contributed by atoms with E-state index in [0.717, 1.165) is 72.7 Å². The number of nitrogens with zero attached hydrogens (tertiary/aromatic N) is 3. The van der Waals surface area contributed by atoms with E-state index in [-0.39, 0.29) is 0 Å². The van der Waals surface area contributed by atoms with Crippen molar-refractivity contribution in [3.63, 3.8) is 0 Å². The van der Waals surface area contributed by atoms with Crippen LogP contribution < -0.4 is 0 Å². The van der Waals surface area contributed by atoms with Crippen molar-refractivity contribution in [1.29, 1.82) is 0 Å². The second-order valence-corrected chi connectivity index (χ2v) is 11.8. The molecule has 6 aromatic carbocycles. The van der Waals surface area contributed by atoms with Crippen LogP contribution in [0, 0.1) is 0 Å². The molecule has 1 aliphatic carbocycles. The molecule has 0 fully saturated rings. The van der Waals surface area contributed by atoms with Gasteiger partial charge in [0.2, 0.25) is 5.95 Å². The van der Waals surface area contributed by atoms with E-state index < -0.39 is 0 Å². The second-order valence-electron chi connectivity index (χ2n) is 11.8. The Balaban J connectivity index is 1.29. The van der Waals surface area contributed by atoms with Gasteiger partial charge >= 0.3 is 0 Å². The van der Waals surface area contributed by atoms with Gasteiger partial charge in [0.15, 0.2) is 0 Å². The van der Waals surface area contributed by atoms with Gasteiger partial charge in [0, 0.05) is 32.8 Å². The quantitative estimate of drug-likeness (QED) is 0.210. The van der Waals surface area contributed by atoms with E-state index in [9.17, 15) is 0 Å². The number of benzene rings is 6. The number of hydrogen-bond donors (Lipinski definition) is 0. The maximum absolute atomic E-state index is 6.95. The highest BCUT2D eigenvalue weighted by Crippen LogP contribution is 2.46. The Labute approximate surface area is 258 Å². The van der Waals surface area contributed by atoms with E-state index >= 15 is 0 Å². The van der Waals surface area contributed by atoms with Crippen molar-refractivity contribution >= 4 is 43.7 Å². The first-order valence-electron chi connectivity index (χ1n) is 15.3. The largest absolute Gasteiger partial charge is 0.455 e. The number of hydrogen-bond acceptors (Lipinski definition) is 3. The summed E-state index contributed by atoms with van der Waals surface area (Å²) in [5.41, 5.74) is 13.0. The molecule has 0 bridgehead atoms. The van der Waals surface area contributed by atoms with Gasteiger partial charge in [0.25, 0.3) is 0 Å². The zero-order chi connectivity index (χ0) is 29.5. The molecule has 0 N–H and O–H groups in total. The number of furan rings is 1. The summed E-state index contributed by atoms with van der Waals surface area (Å²) in [7, 11) is 0. The molecule has 4 nitrogen and oxygen atoms in total. The van der Waals surface area contributed by atoms with Gasteiger partial charge in [-0.3, -0.25) is 4.57 Å². The van der Waals surface area contributed by atoms with Crippen LogP contribution in [0.2, 0.25) is 0 Å². The lowest BCUT2D eigenvalue weighted by molar-refractivity contribution is 0.674. The molecule has 0 aliphatic heterocycles. The average molecular weight is 576 g/mol. The van der Waals surface area contributed by atoms with Crippen molar-refractivity contribution in [2.24, 2.45) is 0 Å². The van der Waals surface area contributed by atoms with Gasteiger partial charge in [-0.05, 0) is 47.4 Å². The van der Waals surface area contributed by atoms with E-state index in [1.165, 1.54) is 22.3 Å². The zero-order valence-electron chi connectivity index (χ0n) is 24.2. The van der Waals surface area contributed by atoms with Crippen molar-refractivity contribution in [2.75, 3.05) is 0 Å². The summed E-state index contributed by atoms with van der Waals surface area (Å²) in [5.74, 6) is 0.631. The summed E-state index contributed by atoms with van der Waals surface area (Å²) < 4.78 is 9.15. The molecule has 0 saturated carbocycles. The van der Waals surface area contributed by atoms with Crippen LogP contribution >= 0.6 is 0 Å².